The summed E-state index contributed by atoms with van der Waals surface area (Å²) in [4.78, 5) is 15.8. The lowest BCUT2D eigenvalue weighted by atomic mass is 10.0. The summed E-state index contributed by atoms with van der Waals surface area (Å²) in [6, 6.07) is 27.4. The van der Waals surface area contributed by atoms with Crippen LogP contribution < -0.4 is 14.8 Å². The number of ether oxygens (including phenoxy) is 2. The van der Waals surface area contributed by atoms with Crippen molar-refractivity contribution in [2.45, 2.75) is 26.4 Å². The average molecular weight is 468 g/mol. The molecule has 0 fully saturated rings. The number of carbonyl (C=O) groups is 1. The van der Waals surface area contributed by atoms with E-state index in [9.17, 15) is 4.79 Å². The fraction of sp³-hybridized carbons (Fsp3) is 0.207. The molecule has 0 bridgehead atoms. The lowest BCUT2D eigenvalue weighted by Crippen LogP contribution is -2.38. The van der Waals surface area contributed by atoms with Crippen molar-refractivity contribution in [3.8, 4) is 17.2 Å². The van der Waals surface area contributed by atoms with Gasteiger partial charge in [-0.1, -0.05) is 42.5 Å². The minimum absolute atomic E-state index is 0.194. The van der Waals surface area contributed by atoms with Gasteiger partial charge >= 0.3 is 6.03 Å². The monoisotopic (exact) mass is 467 g/mol. The minimum Gasteiger partial charge on any atom is -0.494 e. The van der Waals surface area contributed by atoms with Crippen LogP contribution in [0.1, 0.15) is 36.7 Å². The van der Waals surface area contributed by atoms with Crippen molar-refractivity contribution < 1.29 is 14.3 Å². The number of fused-ring (bicyclic) bond motifs is 3. The molecular weight excluding hydrogens is 438 g/mol. The second-order valence-corrected chi connectivity index (χ2v) is 8.32. The number of hydrogen-bond acceptors (Lipinski definition) is 3. The first kappa shape index (κ1) is 22.6. The third-order valence-electron chi connectivity index (χ3n) is 6.16. The molecule has 1 unspecified atom stereocenters. The number of aromatic nitrogens is 1. The number of benzene rings is 3. The van der Waals surface area contributed by atoms with Crippen LogP contribution in [0.4, 0.5) is 10.5 Å². The van der Waals surface area contributed by atoms with Gasteiger partial charge in [-0.05, 0) is 67.4 Å². The zero-order chi connectivity index (χ0) is 24.2. The maximum atomic E-state index is 13.9. The first-order chi connectivity index (χ1) is 17.2. The lowest BCUT2D eigenvalue weighted by Gasteiger charge is -2.31. The molecule has 0 spiro atoms. The molecule has 35 heavy (non-hydrogen) atoms. The Morgan fingerprint density at radius 1 is 0.886 bits per heavy atom. The van der Waals surface area contributed by atoms with Gasteiger partial charge in [-0.25, -0.2) is 4.79 Å². The number of urea groups is 1. The van der Waals surface area contributed by atoms with E-state index in [1.165, 1.54) is 0 Å². The van der Waals surface area contributed by atoms with E-state index in [0.717, 1.165) is 28.3 Å². The van der Waals surface area contributed by atoms with E-state index in [0.29, 0.717) is 31.2 Å². The molecule has 3 aromatic carbocycles. The maximum absolute atomic E-state index is 13.9. The third-order valence-corrected chi connectivity index (χ3v) is 6.16. The summed E-state index contributed by atoms with van der Waals surface area (Å²) in [6.45, 7) is 5.48. The van der Waals surface area contributed by atoms with E-state index in [-0.39, 0.29) is 12.1 Å². The smallest absolute Gasteiger partial charge is 0.323 e. The van der Waals surface area contributed by atoms with Gasteiger partial charge in [0.1, 0.15) is 11.5 Å². The first-order valence-electron chi connectivity index (χ1n) is 12.0. The molecule has 1 N–H and O–H groups in total. The van der Waals surface area contributed by atoms with Crippen LogP contribution in [0.3, 0.4) is 0 Å². The van der Waals surface area contributed by atoms with Crippen LogP contribution in [0.5, 0.6) is 11.5 Å². The number of para-hydroxylation sites is 3. The normalized spacial score (nSPS) is 14.5. The largest absolute Gasteiger partial charge is 0.494 e. The standard InChI is InChI=1S/C29H29N3O3/c1-3-34-23-17-15-21(16-18-23)28-26-13-9-19-31(26)25-12-7-5-10-22(25)20-32(28)29(33)30-24-11-6-8-14-27(24)35-4-2/h5-19,28H,3-4,20H2,1-2H3,(H,30,33). The van der Waals surface area contributed by atoms with Gasteiger partial charge in [0.2, 0.25) is 0 Å². The van der Waals surface area contributed by atoms with Gasteiger partial charge in [-0.15, -0.1) is 0 Å². The summed E-state index contributed by atoms with van der Waals surface area (Å²) in [5, 5.41) is 3.11. The van der Waals surface area contributed by atoms with Crippen molar-refractivity contribution in [1.82, 2.24) is 9.47 Å². The van der Waals surface area contributed by atoms with E-state index >= 15 is 0 Å². The molecule has 2 heterocycles. The molecule has 6 heteroatoms. The highest BCUT2D eigenvalue weighted by Crippen LogP contribution is 2.38. The molecule has 5 rings (SSSR count). The second kappa shape index (κ2) is 9.97. The number of carbonyl (C=O) groups excluding carboxylic acids is 1. The summed E-state index contributed by atoms with van der Waals surface area (Å²) in [7, 11) is 0. The Labute approximate surface area is 205 Å². The summed E-state index contributed by atoms with van der Waals surface area (Å²) in [5.41, 5.74) is 4.83. The number of anilines is 1. The maximum Gasteiger partial charge on any atom is 0.323 e. The van der Waals surface area contributed by atoms with Gasteiger partial charge in [0, 0.05) is 11.9 Å². The van der Waals surface area contributed by atoms with Crippen molar-refractivity contribution in [3.63, 3.8) is 0 Å². The molecule has 1 atom stereocenters. The van der Waals surface area contributed by atoms with Crippen LogP contribution in [0.25, 0.3) is 5.69 Å². The number of amides is 2. The molecule has 1 aliphatic rings. The quantitative estimate of drug-likeness (QED) is 0.356. The lowest BCUT2D eigenvalue weighted by molar-refractivity contribution is 0.194. The Bertz CT molecular complexity index is 1310. The van der Waals surface area contributed by atoms with Gasteiger partial charge in [0.05, 0.1) is 37.2 Å². The fourth-order valence-corrected chi connectivity index (χ4v) is 4.64. The van der Waals surface area contributed by atoms with Crippen LogP contribution >= 0.6 is 0 Å². The number of rotatable bonds is 6. The third kappa shape index (κ3) is 4.47. The molecule has 0 saturated heterocycles. The van der Waals surface area contributed by atoms with Gasteiger partial charge in [-0.2, -0.15) is 0 Å². The average Bonchev–Trinajstić information content (AvgIpc) is 3.30. The van der Waals surface area contributed by atoms with E-state index in [1.54, 1.807) is 0 Å². The van der Waals surface area contributed by atoms with E-state index < -0.39 is 0 Å². The molecule has 178 valence electrons. The van der Waals surface area contributed by atoms with Crippen LogP contribution in [0.15, 0.2) is 91.1 Å². The molecule has 6 nitrogen and oxygen atoms in total. The molecular formula is C29H29N3O3. The Balaban J connectivity index is 1.59. The highest BCUT2D eigenvalue weighted by atomic mass is 16.5. The van der Waals surface area contributed by atoms with E-state index in [1.807, 2.05) is 85.5 Å². The topological polar surface area (TPSA) is 55.7 Å². The van der Waals surface area contributed by atoms with E-state index in [4.69, 9.17) is 9.47 Å². The molecule has 1 aliphatic heterocycles. The summed E-state index contributed by atoms with van der Waals surface area (Å²) >= 11 is 0. The molecule has 0 radical (unpaired) electrons. The highest BCUT2D eigenvalue weighted by molar-refractivity contribution is 5.91. The fourth-order valence-electron chi connectivity index (χ4n) is 4.64. The number of nitrogens with zero attached hydrogens (tertiary/aromatic N) is 2. The molecule has 0 saturated carbocycles. The molecule has 0 aliphatic carbocycles. The summed E-state index contributed by atoms with van der Waals surface area (Å²) < 4.78 is 13.6. The van der Waals surface area contributed by atoms with Crippen LogP contribution in [-0.4, -0.2) is 28.7 Å². The van der Waals surface area contributed by atoms with Gasteiger partial charge in [0.25, 0.3) is 0 Å². The van der Waals surface area contributed by atoms with E-state index in [2.05, 4.69) is 34.3 Å². The first-order valence-corrected chi connectivity index (χ1v) is 12.0. The number of nitrogens with one attached hydrogen (secondary N) is 1. The highest BCUT2D eigenvalue weighted by Gasteiger charge is 2.33. The van der Waals surface area contributed by atoms with Crippen LogP contribution in [0.2, 0.25) is 0 Å². The minimum atomic E-state index is -0.299. The van der Waals surface area contributed by atoms with Gasteiger partial charge in [0.15, 0.2) is 0 Å². The van der Waals surface area contributed by atoms with Crippen molar-refractivity contribution >= 4 is 11.7 Å². The zero-order valence-electron chi connectivity index (χ0n) is 20.0. The Kier molecular flexibility index (Phi) is 6.44. The van der Waals surface area contributed by atoms with Crippen molar-refractivity contribution in [2.24, 2.45) is 0 Å². The van der Waals surface area contributed by atoms with Gasteiger partial charge in [-0.3, -0.25) is 0 Å². The molecule has 2 amide bonds. The van der Waals surface area contributed by atoms with Crippen LogP contribution in [-0.2, 0) is 6.54 Å². The SMILES string of the molecule is CCOc1ccc(C2c3cccn3-c3ccccc3CN2C(=O)Nc2ccccc2OCC)cc1. The van der Waals surface area contributed by atoms with Gasteiger partial charge < -0.3 is 24.3 Å². The van der Waals surface area contributed by atoms with Crippen molar-refractivity contribution in [3.05, 3.63) is 108 Å². The molecule has 1 aromatic heterocycles. The zero-order valence-corrected chi connectivity index (χ0v) is 20.0. The van der Waals surface area contributed by atoms with Crippen molar-refractivity contribution in [1.29, 1.82) is 0 Å². The Morgan fingerprint density at radius 3 is 2.43 bits per heavy atom. The second-order valence-electron chi connectivity index (χ2n) is 8.32. The van der Waals surface area contributed by atoms with Crippen LogP contribution in [0, 0.1) is 0 Å². The summed E-state index contributed by atoms with van der Waals surface area (Å²) in [5.74, 6) is 1.46. The Morgan fingerprint density at radius 2 is 1.63 bits per heavy atom. The predicted molar refractivity (Wildman–Crippen MR) is 137 cm³/mol. The van der Waals surface area contributed by atoms with Crippen molar-refractivity contribution in [2.75, 3.05) is 18.5 Å². The number of hydrogen-bond donors (Lipinski definition) is 1. The predicted octanol–water partition coefficient (Wildman–Crippen LogP) is 6.41. The Hall–Kier alpha value is -4.19. The molecule has 4 aromatic rings. The summed E-state index contributed by atoms with van der Waals surface area (Å²) in [6.07, 6.45) is 2.06.